The van der Waals surface area contributed by atoms with Crippen molar-refractivity contribution in [3.8, 4) is 11.1 Å². The van der Waals surface area contributed by atoms with E-state index in [4.69, 9.17) is 0 Å². The van der Waals surface area contributed by atoms with E-state index in [1.807, 2.05) is 0 Å². The van der Waals surface area contributed by atoms with Crippen LogP contribution in [0.3, 0.4) is 0 Å². The maximum atomic E-state index is 2.42. The summed E-state index contributed by atoms with van der Waals surface area (Å²) < 4.78 is 0. The fraction of sp³-hybridized carbons (Fsp3) is 0. The minimum absolute atomic E-state index is 0. The summed E-state index contributed by atoms with van der Waals surface area (Å²) in [7, 11) is -1.70. The van der Waals surface area contributed by atoms with Gasteiger partial charge in [-0.3, -0.25) is 0 Å². The summed E-state index contributed by atoms with van der Waals surface area (Å²) in [5.41, 5.74) is 2.70. The van der Waals surface area contributed by atoms with Crippen molar-refractivity contribution in [2.24, 2.45) is 0 Å². The van der Waals surface area contributed by atoms with Crippen molar-refractivity contribution >= 4 is 69.2 Å². The van der Waals surface area contributed by atoms with E-state index in [9.17, 15) is 0 Å². The molecule has 0 N–H and O–H groups in total. The van der Waals surface area contributed by atoms with Crippen LogP contribution in [0.5, 0.6) is 0 Å². The Bertz CT molecular complexity index is 2020. The molecule has 0 saturated carbocycles. The first kappa shape index (κ1) is 35.9. The largest absolute Gasteiger partial charge is 2.00 e. The van der Waals surface area contributed by atoms with E-state index < -0.39 is 15.8 Å². The molecule has 0 heterocycles. The van der Waals surface area contributed by atoms with Gasteiger partial charge in [-0.2, -0.15) is 0 Å². The molecule has 0 atom stereocenters. The molecular formula is C44H32F2P2Ru. The van der Waals surface area contributed by atoms with Crippen LogP contribution in [0.15, 0.2) is 194 Å². The second-order valence-corrected chi connectivity index (χ2v) is 15.7. The normalized spacial score (nSPS) is 10.7. The zero-order valence-corrected chi connectivity index (χ0v) is 30.0. The van der Waals surface area contributed by atoms with Crippen molar-refractivity contribution in [3.63, 3.8) is 0 Å². The Morgan fingerprint density at radius 3 is 0.837 bits per heavy atom. The van der Waals surface area contributed by atoms with Crippen molar-refractivity contribution < 1.29 is 28.9 Å². The quantitative estimate of drug-likeness (QED) is 0.173. The van der Waals surface area contributed by atoms with E-state index in [0.29, 0.717) is 0 Å². The third kappa shape index (κ3) is 7.04. The van der Waals surface area contributed by atoms with Crippen LogP contribution in [-0.4, -0.2) is 0 Å². The van der Waals surface area contributed by atoms with Crippen LogP contribution >= 0.6 is 15.8 Å². The van der Waals surface area contributed by atoms with Crippen molar-refractivity contribution in [1.29, 1.82) is 0 Å². The van der Waals surface area contributed by atoms with E-state index in [1.165, 1.54) is 64.5 Å². The summed E-state index contributed by atoms with van der Waals surface area (Å²) in [4.78, 5) is 0. The van der Waals surface area contributed by atoms with E-state index in [1.54, 1.807) is 0 Å². The molecule has 0 spiro atoms. The molecular weight excluding hydrogens is 729 g/mol. The topological polar surface area (TPSA) is 0 Å². The second kappa shape index (κ2) is 16.3. The maximum Gasteiger partial charge on any atom is 2.00 e. The van der Waals surface area contributed by atoms with Crippen LogP contribution in [-0.2, 0) is 19.5 Å². The summed E-state index contributed by atoms with van der Waals surface area (Å²) in [5.74, 6) is 0. The van der Waals surface area contributed by atoms with Crippen molar-refractivity contribution in [1.82, 2.24) is 0 Å². The smallest absolute Gasteiger partial charge is 1.00 e. The molecule has 49 heavy (non-hydrogen) atoms. The predicted octanol–water partition coefficient (Wildman–Crippen LogP) is 3.18. The molecule has 0 aromatic heterocycles. The molecule has 0 aliphatic heterocycles. The Kier molecular flexibility index (Phi) is 12.0. The van der Waals surface area contributed by atoms with Gasteiger partial charge in [0.15, 0.2) is 0 Å². The molecule has 0 bridgehead atoms. The van der Waals surface area contributed by atoms with Crippen LogP contribution < -0.4 is 41.2 Å². The number of halogens is 2. The van der Waals surface area contributed by atoms with Gasteiger partial charge in [-0.05, 0) is 80.3 Å². The first-order valence-electron chi connectivity index (χ1n) is 15.7. The van der Waals surface area contributed by atoms with Gasteiger partial charge in [0.1, 0.15) is 0 Å². The molecule has 8 aromatic carbocycles. The Hall–Kier alpha value is -4.38. The molecule has 8 rings (SSSR count). The average molecular weight is 762 g/mol. The van der Waals surface area contributed by atoms with Crippen molar-refractivity contribution in [2.45, 2.75) is 0 Å². The van der Waals surface area contributed by atoms with E-state index in [0.717, 1.165) is 0 Å². The van der Waals surface area contributed by atoms with Crippen LogP contribution in [0.25, 0.3) is 32.7 Å². The Labute approximate surface area is 301 Å². The Morgan fingerprint density at radius 1 is 0.265 bits per heavy atom. The van der Waals surface area contributed by atoms with Gasteiger partial charge in [-0.1, -0.05) is 194 Å². The third-order valence-electron chi connectivity index (χ3n) is 8.60. The van der Waals surface area contributed by atoms with Gasteiger partial charge in [0.2, 0.25) is 0 Å². The molecule has 240 valence electrons. The van der Waals surface area contributed by atoms with Gasteiger partial charge in [-0.15, -0.1) is 0 Å². The molecule has 5 heteroatoms. The minimum atomic E-state index is -0.852. The Morgan fingerprint density at radius 2 is 0.531 bits per heavy atom. The first-order valence-corrected chi connectivity index (χ1v) is 18.4. The molecule has 0 amide bonds. The monoisotopic (exact) mass is 762 g/mol. The molecule has 0 aliphatic carbocycles. The average Bonchev–Trinajstić information content (AvgIpc) is 3.14. The summed E-state index contributed by atoms with van der Waals surface area (Å²) in [6.07, 6.45) is 0. The molecule has 0 fully saturated rings. The van der Waals surface area contributed by atoms with Crippen molar-refractivity contribution in [3.05, 3.63) is 194 Å². The summed E-state index contributed by atoms with van der Waals surface area (Å²) in [6, 6.07) is 71.8. The first-order chi connectivity index (χ1) is 22.9. The molecule has 0 unspecified atom stereocenters. The molecule has 0 saturated heterocycles. The predicted molar refractivity (Wildman–Crippen MR) is 204 cm³/mol. The fourth-order valence-corrected chi connectivity index (χ4v) is 11.5. The minimum Gasteiger partial charge on any atom is -1.00 e. The van der Waals surface area contributed by atoms with Crippen molar-refractivity contribution in [2.75, 3.05) is 0 Å². The van der Waals surface area contributed by atoms with Gasteiger partial charge in [0, 0.05) is 0 Å². The van der Waals surface area contributed by atoms with Gasteiger partial charge in [0.05, 0.1) is 0 Å². The molecule has 0 radical (unpaired) electrons. The third-order valence-corrected chi connectivity index (χ3v) is 13.6. The van der Waals surface area contributed by atoms with Gasteiger partial charge in [-0.25, -0.2) is 0 Å². The van der Waals surface area contributed by atoms with E-state index in [2.05, 4.69) is 194 Å². The fourth-order valence-electron chi connectivity index (χ4n) is 6.58. The number of hydrogen-bond donors (Lipinski definition) is 0. The van der Waals surface area contributed by atoms with Crippen LogP contribution in [0.4, 0.5) is 0 Å². The van der Waals surface area contributed by atoms with Gasteiger partial charge in [0.25, 0.3) is 0 Å². The van der Waals surface area contributed by atoms with Gasteiger partial charge >= 0.3 is 19.5 Å². The zero-order chi connectivity index (χ0) is 30.7. The van der Waals surface area contributed by atoms with Crippen LogP contribution in [0, 0.1) is 0 Å². The molecule has 0 aliphatic rings. The Balaban J connectivity index is 0.00000156. The summed E-state index contributed by atoms with van der Waals surface area (Å²) in [5, 5.41) is 13.3. The van der Waals surface area contributed by atoms with E-state index >= 15 is 0 Å². The number of rotatable bonds is 7. The summed E-state index contributed by atoms with van der Waals surface area (Å²) in [6.45, 7) is 0. The SMILES string of the molecule is [F-].[F-].[Ru+2].c1ccc(P(c2ccccc2)c2ccc3ccccc3c2-c2c(P(c3ccccc3)c3ccccc3)ccc3ccccc23)cc1. The zero-order valence-electron chi connectivity index (χ0n) is 26.5. The number of benzene rings is 8. The molecule has 8 aromatic rings. The number of hydrogen-bond acceptors (Lipinski definition) is 0. The van der Waals surface area contributed by atoms with Crippen LogP contribution in [0.1, 0.15) is 0 Å². The van der Waals surface area contributed by atoms with Gasteiger partial charge < -0.3 is 9.41 Å². The number of fused-ring (bicyclic) bond motifs is 2. The summed E-state index contributed by atoms with van der Waals surface area (Å²) >= 11 is 0. The standard InChI is InChI=1S/C44H32P2.2FH.Ru/c1-5-19-35(20-6-1)45(36-21-7-2-8-22-36)41-31-29-33-17-13-15-27-39(33)43(41)44-40-28-16-14-18-34(40)30-32-42(44)46(37-23-9-3-10-24-37)38-25-11-4-12-26-38;;;/h1-32H;2*1H;/q;;;+2/p-2. The second-order valence-electron chi connectivity index (χ2n) is 11.4. The maximum absolute atomic E-state index is 2.42. The molecule has 0 nitrogen and oxygen atoms in total. The van der Waals surface area contributed by atoms with E-state index in [-0.39, 0.29) is 28.9 Å². The van der Waals surface area contributed by atoms with Crippen LogP contribution in [0.2, 0.25) is 0 Å².